The van der Waals surface area contributed by atoms with Gasteiger partial charge in [0.15, 0.2) is 5.78 Å². The third-order valence-electron chi connectivity index (χ3n) is 5.78. The monoisotopic (exact) mass is 385 g/mol. The average molecular weight is 385 g/mol. The summed E-state index contributed by atoms with van der Waals surface area (Å²) < 4.78 is 6.22. The van der Waals surface area contributed by atoms with E-state index in [0.717, 1.165) is 5.56 Å². The van der Waals surface area contributed by atoms with Gasteiger partial charge in [-0.3, -0.25) is 19.7 Å². The van der Waals surface area contributed by atoms with Crippen molar-refractivity contribution in [3.05, 3.63) is 29.3 Å². The van der Waals surface area contributed by atoms with Gasteiger partial charge in [0.2, 0.25) is 5.91 Å². The lowest BCUT2D eigenvalue weighted by Gasteiger charge is -2.44. The molecule has 2 saturated heterocycles. The predicted octanol–water partition coefficient (Wildman–Crippen LogP) is 1.31. The minimum absolute atomic E-state index is 0.0537. The van der Waals surface area contributed by atoms with Crippen LogP contribution in [0.5, 0.6) is 5.75 Å². The lowest BCUT2D eigenvalue weighted by Crippen LogP contribution is -2.52. The van der Waals surface area contributed by atoms with Gasteiger partial charge in [0.1, 0.15) is 17.4 Å². The van der Waals surface area contributed by atoms with Crippen LogP contribution >= 0.6 is 0 Å². The number of fused-ring (bicyclic) bond motifs is 1. The largest absolute Gasteiger partial charge is 0.486 e. The van der Waals surface area contributed by atoms with Crippen molar-refractivity contribution in [1.82, 2.24) is 15.5 Å². The highest BCUT2D eigenvalue weighted by Crippen LogP contribution is 2.39. The second-order valence-electron chi connectivity index (χ2n) is 7.82. The normalized spacial score (nSPS) is 23.1. The number of Topliss-reactive ketones (excluding diaryl/α,β-unsaturated/α-hetero) is 1. The van der Waals surface area contributed by atoms with E-state index < -0.39 is 23.6 Å². The molecule has 1 atom stereocenters. The number of imide groups is 1. The van der Waals surface area contributed by atoms with Gasteiger partial charge in [-0.15, -0.1) is 0 Å². The zero-order valence-electron chi connectivity index (χ0n) is 15.7. The van der Waals surface area contributed by atoms with E-state index in [1.165, 1.54) is 0 Å². The number of rotatable bonds is 3. The summed E-state index contributed by atoms with van der Waals surface area (Å²) in [4.78, 5) is 49.5. The first-order valence-corrected chi connectivity index (χ1v) is 9.57. The quantitative estimate of drug-likeness (QED) is 0.764. The topological polar surface area (TPSA) is 105 Å². The van der Waals surface area contributed by atoms with Gasteiger partial charge in [-0.2, -0.15) is 0 Å². The van der Waals surface area contributed by atoms with Crippen molar-refractivity contribution >= 4 is 23.6 Å². The number of nitrogens with zero attached hydrogens (tertiary/aromatic N) is 1. The lowest BCUT2D eigenvalue weighted by atomic mass is 9.82. The molecule has 8 nitrogen and oxygen atoms in total. The molecular formula is C20H23N3O5. The van der Waals surface area contributed by atoms with Gasteiger partial charge >= 0.3 is 6.03 Å². The Bertz CT molecular complexity index is 857. The van der Waals surface area contributed by atoms with Crippen LogP contribution in [0.3, 0.4) is 0 Å². The van der Waals surface area contributed by atoms with Crippen molar-refractivity contribution in [2.75, 3.05) is 13.1 Å². The van der Waals surface area contributed by atoms with Gasteiger partial charge in [0.25, 0.3) is 5.91 Å². The molecule has 2 N–H and O–H groups in total. The maximum absolute atomic E-state index is 12.6. The fourth-order valence-corrected chi connectivity index (χ4v) is 4.14. The van der Waals surface area contributed by atoms with Crippen molar-refractivity contribution in [3.8, 4) is 5.75 Å². The highest BCUT2D eigenvalue weighted by molar-refractivity contribution is 6.04. The molecule has 0 bridgehead atoms. The van der Waals surface area contributed by atoms with Crippen LogP contribution in [-0.4, -0.2) is 53.3 Å². The van der Waals surface area contributed by atoms with Crippen LogP contribution in [0.4, 0.5) is 4.79 Å². The molecule has 148 valence electrons. The molecular weight excluding hydrogens is 362 g/mol. The third-order valence-corrected chi connectivity index (χ3v) is 5.78. The molecule has 0 saturated carbocycles. The number of urea groups is 1. The summed E-state index contributed by atoms with van der Waals surface area (Å²) in [6.07, 6.45) is 1.99. The lowest BCUT2D eigenvalue weighted by molar-refractivity contribution is -0.135. The number of ether oxygens (including phenoxy) is 1. The number of ketones is 1. The Labute approximate surface area is 162 Å². The molecule has 28 heavy (non-hydrogen) atoms. The molecule has 3 aliphatic heterocycles. The molecule has 3 aliphatic rings. The van der Waals surface area contributed by atoms with Crippen molar-refractivity contribution < 1.29 is 23.9 Å². The number of hydrogen-bond acceptors (Lipinski definition) is 5. The molecule has 0 radical (unpaired) electrons. The van der Waals surface area contributed by atoms with Crippen molar-refractivity contribution in [1.29, 1.82) is 0 Å². The number of carbonyl (C=O) groups is 4. The fourth-order valence-electron chi connectivity index (χ4n) is 4.14. The van der Waals surface area contributed by atoms with E-state index in [-0.39, 0.29) is 24.5 Å². The van der Waals surface area contributed by atoms with Gasteiger partial charge in [-0.05, 0) is 25.5 Å². The number of aryl methyl sites for hydroxylation is 1. The Morgan fingerprint density at radius 2 is 2.00 bits per heavy atom. The molecule has 1 spiro atoms. The molecule has 4 amide bonds. The number of carbonyl (C=O) groups excluding carboxylic acids is 4. The molecule has 0 aliphatic carbocycles. The van der Waals surface area contributed by atoms with Crippen LogP contribution in [0.15, 0.2) is 18.2 Å². The van der Waals surface area contributed by atoms with E-state index in [0.29, 0.717) is 43.7 Å². The second kappa shape index (κ2) is 6.92. The summed E-state index contributed by atoms with van der Waals surface area (Å²) in [6.45, 7) is 2.97. The van der Waals surface area contributed by atoms with Crippen LogP contribution < -0.4 is 15.4 Å². The first-order valence-electron chi connectivity index (χ1n) is 9.57. The number of likely N-dealkylation sites (tertiary alicyclic amines) is 1. The summed E-state index contributed by atoms with van der Waals surface area (Å²) in [5.74, 6) is 0.276. The number of amides is 4. The standard InChI is InChI=1S/C20H23N3O5/c1-12-2-4-16-13(10-12)15(24)11-20(28-16)6-8-23(9-7-20)17(25)5-3-14-18(26)22-19(27)21-14/h2,4,10,14H,3,5-9,11H2,1H3,(H2,21,22,26,27). The molecule has 2 fully saturated rings. The minimum atomic E-state index is -0.646. The SMILES string of the molecule is Cc1ccc2c(c1)C(=O)CC1(CCN(C(=O)CCC3NC(=O)NC3=O)CC1)O2. The molecule has 3 heterocycles. The third kappa shape index (κ3) is 3.46. The zero-order valence-corrected chi connectivity index (χ0v) is 15.7. The Balaban J connectivity index is 1.34. The highest BCUT2D eigenvalue weighted by atomic mass is 16.5. The molecule has 8 heteroatoms. The minimum Gasteiger partial charge on any atom is -0.486 e. The summed E-state index contributed by atoms with van der Waals surface area (Å²) in [5.41, 5.74) is 1.12. The maximum atomic E-state index is 12.6. The Kier molecular flexibility index (Phi) is 4.56. The van der Waals surface area contributed by atoms with Crippen LogP contribution in [-0.2, 0) is 9.59 Å². The Hall–Kier alpha value is -2.90. The van der Waals surface area contributed by atoms with E-state index in [1.54, 1.807) is 4.90 Å². The summed E-state index contributed by atoms with van der Waals surface area (Å²) >= 11 is 0. The summed E-state index contributed by atoms with van der Waals surface area (Å²) in [7, 11) is 0. The van der Waals surface area contributed by atoms with Crippen molar-refractivity contribution in [3.63, 3.8) is 0 Å². The number of nitrogens with one attached hydrogen (secondary N) is 2. The van der Waals surface area contributed by atoms with Crippen molar-refractivity contribution in [2.24, 2.45) is 0 Å². The highest BCUT2D eigenvalue weighted by Gasteiger charge is 2.43. The fraction of sp³-hybridized carbons (Fsp3) is 0.500. The first kappa shape index (κ1) is 18.5. The van der Waals surface area contributed by atoms with E-state index in [1.807, 2.05) is 25.1 Å². The zero-order chi connectivity index (χ0) is 19.9. The first-order chi connectivity index (χ1) is 13.3. The summed E-state index contributed by atoms with van der Waals surface area (Å²) in [5, 5.41) is 4.66. The molecule has 4 rings (SSSR count). The van der Waals surface area contributed by atoms with Crippen LogP contribution in [0, 0.1) is 6.92 Å². The van der Waals surface area contributed by atoms with Gasteiger partial charge in [-0.25, -0.2) is 4.79 Å². The van der Waals surface area contributed by atoms with Crippen LogP contribution in [0.25, 0.3) is 0 Å². The molecule has 1 aromatic rings. The average Bonchev–Trinajstić information content (AvgIpc) is 2.98. The van der Waals surface area contributed by atoms with Gasteiger partial charge in [0.05, 0.1) is 12.0 Å². The van der Waals surface area contributed by atoms with Gasteiger partial charge in [0, 0.05) is 32.4 Å². The van der Waals surface area contributed by atoms with Gasteiger partial charge in [-0.1, -0.05) is 11.6 Å². The van der Waals surface area contributed by atoms with Gasteiger partial charge < -0.3 is 15.0 Å². The van der Waals surface area contributed by atoms with Crippen LogP contribution in [0.2, 0.25) is 0 Å². The maximum Gasteiger partial charge on any atom is 0.322 e. The van der Waals surface area contributed by atoms with E-state index in [9.17, 15) is 19.2 Å². The van der Waals surface area contributed by atoms with E-state index in [2.05, 4.69) is 10.6 Å². The molecule has 1 aromatic carbocycles. The number of piperidine rings is 1. The van der Waals surface area contributed by atoms with Crippen molar-refractivity contribution in [2.45, 2.75) is 50.7 Å². The van der Waals surface area contributed by atoms with Crippen LogP contribution in [0.1, 0.15) is 48.0 Å². The second-order valence-corrected chi connectivity index (χ2v) is 7.82. The number of hydrogen-bond donors (Lipinski definition) is 2. The smallest absolute Gasteiger partial charge is 0.322 e. The predicted molar refractivity (Wildman–Crippen MR) is 99.0 cm³/mol. The molecule has 0 aromatic heterocycles. The Morgan fingerprint density at radius 1 is 1.25 bits per heavy atom. The summed E-state index contributed by atoms with van der Waals surface area (Å²) in [6, 6.07) is 4.48. The Morgan fingerprint density at radius 3 is 2.68 bits per heavy atom. The number of benzene rings is 1. The van der Waals surface area contributed by atoms with E-state index in [4.69, 9.17) is 4.74 Å². The molecule has 1 unspecified atom stereocenters. The van der Waals surface area contributed by atoms with E-state index >= 15 is 0 Å².